The van der Waals surface area contributed by atoms with Crippen LogP contribution >= 0.6 is 15.9 Å². The van der Waals surface area contributed by atoms with E-state index in [1.807, 2.05) is 39.8 Å². The van der Waals surface area contributed by atoms with Gasteiger partial charge >= 0.3 is 7.12 Å². The Bertz CT molecular complexity index is 3510. The molecule has 8 aromatic heterocycles. The van der Waals surface area contributed by atoms with Crippen LogP contribution in [0.15, 0.2) is 127 Å². The van der Waals surface area contributed by atoms with Crippen molar-refractivity contribution in [2.45, 2.75) is 83.6 Å². The van der Waals surface area contributed by atoms with Gasteiger partial charge in [0.1, 0.15) is 28.4 Å². The highest BCUT2D eigenvalue weighted by Gasteiger charge is 2.52. The van der Waals surface area contributed by atoms with E-state index in [0.29, 0.717) is 56.2 Å². The minimum atomic E-state index is -0.567. The van der Waals surface area contributed by atoms with Crippen molar-refractivity contribution in [3.63, 3.8) is 0 Å². The predicted octanol–water partition coefficient (Wildman–Crippen LogP) is 7.33. The Balaban J connectivity index is 0.000000153. The molecule has 9 heterocycles. The number of pyridine rings is 6. The van der Waals surface area contributed by atoms with Crippen LogP contribution in [0.2, 0.25) is 0 Å². The fourth-order valence-electron chi connectivity index (χ4n) is 7.93. The number of anilines is 2. The first-order valence-electron chi connectivity index (χ1n) is 23.5. The molecule has 2 saturated carbocycles. The lowest BCUT2D eigenvalue weighted by atomic mass is 9.80. The smallest absolute Gasteiger partial charge is 0.399 e. The molecule has 370 valence electrons. The lowest BCUT2D eigenvalue weighted by Crippen LogP contribution is -2.41. The summed E-state index contributed by atoms with van der Waals surface area (Å²) in [5.74, 6) is 0.267. The largest absolute Gasteiger partial charge is 0.498 e. The second-order valence-electron chi connectivity index (χ2n) is 18.8. The van der Waals surface area contributed by atoms with Crippen LogP contribution in [0.5, 0.6) is 0 Å². The minimum absolute atomic E-state index is 0.0417. The number of carbonyl (C=O) groups excluding carboxylic acids is 4. The second-order valence-corrected chi connectivity index (χ2v) is 19.6. The van der Waals surface area contributed by atoms with Gasteiger partial charge in [0, 0.05) is 83.2 Å². The third-order valence-electron chi connectivity index (χ3n) is 13.0. The summed E-state index contributed by atoms with van der Waals surface area (Å²) in [4.78, 5) is 69.2. The van der Waals surface area contributed by atoms with Crippen LogP contribution in [0.3, 0.4) is 0 Å². The number of nitriles is 2. The summed E-state index contributed by atoms with van der Waals surface area (Å²) >= 11 is 3.17. The van der Waals surface area contributed by atoms with Crippen LogP contribution in [0.1, 0.15) is 113 Å². The fourth-order valence-corrected chi connectivity index (χ4v) is 8.16. The molecule has 21 heteroatoms. The number of hydrogen-bond acceptors (Lipinski definition) is 14. The van der Waals surface area contributed by atoms with Gasteiger partial charge in [0.05, 0.1) is 50.8 Å². The SMILES string of the molecule is CC(=O)c1ccc(Br)nc1.CC1(C)OB(c2cnn3ccc(C(=O)N(c4ccc(C#N)cn4)C4CC4)cc23)OC1(C)C.N#Cc1ccc(N(C(=O)c2ccn3ncc(-c4ccc(C(N)=O)cn4)c3c2)C2CC2)nc1. The number of carbonyl (C=O) groups is 4. The molecule has 0 spiro atoms. The maximum atomic E-state index is 13.5. The average molecular weight is 1050 g/mol. The first-order valence-corrected chi connectivity index (χ1v) is 24.3. The van der Waals surface area contributed by atoms with Crippen molar-refractivity contribution in [2.24, 2.45) is 5.73 Å². The maximum Gasteiger partial charge on any atom is 0.498 e. The van der Waals surface area contributed by atoms with E-state index in [-0.39, 0.29) is 29.7 Å². The Kier molecular flexibility index (Phi) is 14.0. The molecular formula is C53H47BBrN13O6. The Labute approximate surface area is 433 Å². The number of rotatable bonds is 10. The van der Waals surface area contributed by atoms with Gasteiger partial charge < -0.3 is 15.0 Å². The Morgan fingerprint density at radius 3 is 1.61 bits per heavy atom. The van der Waals surface area contributed by atoms with Gasteiger partial charge in [0.15, 0.2) is 5.78 Å². The Morgan fingerprint density at radius 2 is 1.16 bits per heavy atom. The van der Waals surface area contributed by atoms with Gasteiger partial charge in [-0.1, -0.05) is 0 Å². The number of hydrogen-bond donors (Lipinski definition) is 1. The molecule has 74 heavy (non-hydrogen) atoms. The van der Waals surface area contributed by atoms with Crippen molar-refractivity contribution >= 4 is 74.7 Å². The van der Waals surface area contributed by atoms with Crippen LogP contribution in [-0.2, 0) is 9.31 Å². The normalized spacial score (nSPS) is 15.2. The summed E-state index contributed by atoms with van der Waals surface area (Å²) in [6, 6.07) is 24.9. The van der Waals surface area contributed by atoms with Crippen molar-refractivity contribution in [1.82, 2.24) is 39.2 Å². The van der Waals surface area contributed by atoms with Crippen molar-refractivity contribution in [3.05, 3.63) is 160 Å². The van der Waals surface area contributed by atoms with E-state index in [0.717, 1.165) is 46.8 Å². The van der Waals surface area contributed by atoms with Gasteiger partial charge in [-0.15, -0.1) is 0 Å². The van der Waals surface area contributed by atoms with Crippen molar-refractivity contribution in [2.75, 3.05) is 9.80 Å². The molecule has 2 aliphatic carbocycles. The third kappa shape index (κ3) is 10.7. The van der Waals surface area contributed by atoms with E-state index >= 15 is 0 Å². The zero-order chi connectivity index (χ0) is 52.5. The zero-order valence-electron chi connectivity index (χ0n) is 40.9. The Morgan fingerprint density at radius 1 is 0.649 bits per heavy atom. The number of nitrogens with two attached hydrogens (primary N) is 1. The van der Waals surface area contributed by atoms with Gasteiger partial charge in [-0.3, -0.25) is 34.0 Å². The van der Waals surface area contributed by atoms with Crippen molar-refractivity contribution in [3.8, 4) is 23.4 Å². The molecule has 0 bridgehead atoms. The average Bonchev–Trinajstić information content (AvgIpc) is 4.32. The molecule has 2 N–H and O–H groups in total. The van der Waals surface area contributed by atoms with Gasteiger partial charge in [0.25, 0.3) is 11.8 Å². The van der Waals surface area contributed by atoms with E-state index < -0.39 is 24.2 Å². The van der Waals surface area contributed by atoms with Crippen LogP contribution in [-0.4, -0.2) is 93.1 Å². The Hall–Kier alpha value is -8.50. The summed E-state index contributed by atoms with van der Waals surface area (Å²) in [6.07, 6.45) is 16.5. The first kappa shape index (κ1) is 50.4. The van der Waals surface area contributed by atoms with E-state index in [1.54, 1.807) is 117 Å². The first-order chi connectivity index (χ1) is 35.4. The van der Waals surface area contributed by atoms with Gasteiger partial charge in [-0.25, -0.2) is 24.0 Å². The number of aromatic nitrogens is 8. The van der Waals surface area contributed by atoms with E-state index in [2.05, 4.69) is 52.1 Å². The van der Waals surface area contributed by atoms with Crippen LogP contribution in [0.25, 0.3) is 22.3 Å². The molecule has 1 saturated heterocycles. The summed E-state index contributed by atoms with van der Waals surface area (Å²) in [6.45, 7) is 9.54. The number of Topliss-reactive ketones (excluding diaryl/α,β-unsaturated/α-hetero) is 1. The molecule has 0 unspecified atom stereocenters. The molecule has 8 aromatic rings. The number of amides is 3. The fraction of sp³-hybridized carbons (Fsp3) is 0.245. The number of halogens is 1. The summed E-state index contributed by atoms with van der Waals surface area (Å²) in [5, 5.41) is 26.8. The monoisotopic (exact) mass is 1050 g/mol. The number of nitrogens with zero attached hydrogens (tertiary/aromatic N) is 12. The molecule has 11 rings (SSSR count). The van der Waals surface area contributed by atoms with Gasteiger partial charge in [0.2, 0.25) is 5.91 Å². The highest BCUT2D eigenvalue weighted by molar-refractivity contribution is 9.10. The zero-order valence-corrected chi connectivity index (χ0v) is 42.5. The van der Waals surface area contributed by atoms with Crippen LogP contribution in [0, 0.1) is 22.7 Å². The molecule has 3 fully saturated rings. The lowest BCUT2D eigenvalue weighted by molar-refractivity contribution is 0.00578. The third-order valence-corrected chi connectivity index (χ3v) is 13.5. The molecule has 3 aliphatic rings. The molecule has 1 aliphatic heterocycles. The van der Waals surface area contributed by atoms with Crippen LogP contribution < -0.4 is 21.0 Å². The number of fused-ring (bicyclic) bond motifs is 2. The molecular weight excluding hydrogens is 1010 g/mol. The van der Waals surface area contributed by atoms with Crippen molar-refractivity contribution < 1.29 is 28.5 Å². The van der Waals surface area contributed by atoms with Gasteiger partial charge in [-0.2, -0.15) is 20.7 Å². The number of ketones is 1. The van der Waals surface area contributed by atoms with Crippen LogP contribution in [0.4, 0.5) is 11.6 Å². The topological polar surface area (TPSA) is 253 Å². The minimum Gasteiger partial charge on any atom is -0.399 e. The highest BCUT2D eigenvalue weighted by atomic mass is 79.9. The predicted molar refractivity (Wildman–Crippen MR) is 277 cm³/mol. The van der Waals surface area contributed by atoms with E-state index in [1.165, 1.54) is 25.5 Å². The lowest BCUT2D eigenvalue weighted by Gasteiger charge is -2.32. The summed E-state index contributed by atoms with van der Waals surface area (Å²) in [5.41, 5.74) is 10.8. The quantitative estimate of drug-likeness (QED) is 0.0800. The van der Waals surface area contributed by atoms with E-state index in [4.69, 9.17) is 25.6 Å². The van der Waals surface area contributed by atoms with Gasteiger partial charge in [-0.05, 0) is 149 Å². The highest BCUT2D eigenvalue weighted by Crippen LogP contribution is 2.38. The maximum absolute atomic E-state index is 13.5. The number of primary amides is 1. The second kappa shape index (κ2) is 20.6. The molecule has 0 aromatic carbocycles. The summed E-state index contributed by atoms with van der Waals surface area (Å²) < 4.78 is 16.5. The van der Waals surface area contributed by atoms with E-state index in [9.17, 15) is 19.2 Å². The molecule has 19 nitrogen and oxygen atoms in total. The molecule has 0 atom stereocenters. The van der Waals surface area contributed by atoms with Crippen molar-refractivity contribution in [1.29, 1.82) is 10.5 Å². The standard InChI is InChI=1S/C23H24BN5O3.C23H17N7O2.C7H6BrNO/c1-22(2)23(3,4)32-24(31-22)18-14-27-28-10-9-16(11-19(18)28)21(30)29(17-6-7-17)20-8-5-15(12-25)13-26-20;24-10-14-1-6-21(27-11-14)30(17-3-4-17)23(32)15-7-8-29-20(9-15)18(13-28-29)19-5-2-16(12-26-19)22(25)31;1-5(10)6-2-3-7(8)9-4-6/h5,8-11,13-14,17H,6-7H2,1-4H3;1-2,5-9,11-13,17H,3-4H2,(H2,25,31);2-4H,1H3. The summed E-state index contributed by atoms with van der Waals surface area (Å²) in [7, 11) is -0.567. The molecule has 3 amide bonds. The molecule has 0 radical (unpaired) electrons.